The molecule has 0 saturated heterocycles. The number of ether oxygens (including phenoxy) is 1. The fourth-order valence-corrected chi connectivity index (χ4v) is 1.39. The Bertz CT molecular complexity index is 134. The summed E-state index contributed by atoms with van der Waals surface area (Å²) in [6, 6.07) is 0. The lowest BCUT2D eigenvalue weighted by molar-refractivity contribution is -0.113. The van der Waals surface area contributed by atoms with Crippen LogP contribution in [0.3, 0.4) is 0 Å². The normalized spacial score (nSPS) is 15.1. The number of rotatable bonds is 9. The number of hydrogen-bond acceptors (Lipinski definition) is 2. The van der Waals surface area contributed by atoms with E-state index in [2.05, 4.69) is 13.8 Å². The molecule has 0 saturated carbocycles. The van der Waals surface area contributed by atoms with Crippen LogP contribution >= 0.6 is 0 Å². The topological polar surface area (TPSA) is 26.3 Å². The molecule has 0 aliphatic carbocycles. The summed E-state index contributed by atoms with van der Waals surface area (Å²) in [5, 5.41) is 0. The highest BCUT2D eigenvalue weighted by Crippen LogP contribution is 2.11. The van der Waals surface area contributed by atoms with Crippen LogP contribution in [-0.2, 0) is 9.53 Å². The fraction of sp³-hybridized carbons (Fsp3) is 0.917. The first-order valence-corrected chi connectivity index (χ1v) is 5.81. The molecule has 0 aliphatic rings. The molecule has 0 amide bonds. The number of carbonyl (C=O) groups excluding carboxylic acids is 1. The van der Waals surface area contributed by atoms with Gasteiger partial charge in [0, 0.05) is 5.92 Å². The van der Waals surface area contributed by atoms with E-state index < -0.39 is 0 Å². The molecule has 0 aromatic carbocycles. The van der Waals surface area contributed by atoms with Crippen molar-refractivity contribution < 1.29 is 9.53 Å². The van der Waals surface area contributed by atoms with E-state index in [9.17, 15) is 4.79 Å². The summed E-state index contributed by atoms with van der Waals surface area (Å²) in [6.07, 6.45) is 7.17. The van der Waals surface area contributed by atoms with Crippen molar-refractivity contribution in [2.24, 2.45) is 5.92 Å². The van der Waals surface area contributed by atoms with E-state index in [-0.39, 0.29) is 5.92 Å². The third-order valence-corrected chi connectivity index (χ3v) is 2.32. The smallest absolute Gasteiger partial charge is 0.125 e. The van der Waals surface area contributed by atoms with Gasteiger partial charge < -0.3 is 9.53 Å². The lowest BCUT2D eigenvalue weighted by Gasteiger charge is -2.17. The summed E-state index contributed by atoms with van der Waals surface area (Å²) < 4.78 is 5.71. The SMILES string of the molecule is CCCCC(CCC)OCC(C)C=O. The van der Waals surface area contributed by atoms with Gasteiger partial charge in [-0.2, -0.15) is 0 Å². The monoisotopic (exact) mass is 200 g/mol. The van der Waals surface area contributed by atoms with Gasteiger partial charge >= 0.3 is 0 Å². The molecule has 0 aromatic rings. The quantitative estimate of drug-likeness (QED) is 0.534. The van der Waals surface area contributed by atoms with Crippen molar-refractivity contribution in [3.8, 4) is 0 Å². The molecule has 0 rings (SSSR count). The lowest BCUT2D eigenvalue weighted by Crippen LogP contribution is -2.17. The zero-order valence-electron chi connectivity index (χ0n) is 9.79. The van der Waals surface area contributed by atoms with E-state index in [4.69, 9.17) is 4.74 Å². The molecule has 84 valence electrons. The molecular weight excluding hydrogens is 176 g/mol. The zero-order chi connectivity index (χ0) is 10.8. The molecule has 0 N–H and O–H groups in total. The van der Waals surface area contributed by atoms with Crippen molar-refractivity contribution in [2.75, 3.05) is 6.61 Å². The second-order valence-corrected chi connectivity index (χ2v) is 4.00. The second kappa shape index (κ2) is 9.20. The highest BCUT2D eigenvalue weighted by Gasteiger charge is 2.09. The fourth-order valence-electron chi connectivity index (χ4n) is 1.39. The minimum absolute atomic E-state index is 0.0379. The predicted molar refractivity (Wildman–Crippen MR) is 59.4 cm³/mol. The summed E-state index contributed by atoms with van der Waals surface area (Å²) in [7, 11) is 0. The highest BCUT2D eigenvalue weighted by molar-refractivity contribution is 5.52. The first-order chi connectivity index (χ1) is 6.74. The van der Waals surface area contributed by atoms with Gasteiger partial charge in [0.15, 0.2) is 0 Å². The van der Waals surface area contributed by atoms with Crippen LogP contribution in [-0.4, -0.2) is 19.0 Å². The molecule has 0 bridgehead atoms. The number of carbonyl (C=O) groups is 1. The molecule has 2 unspecified atom stereocenters. The van der Waals surface area contributed by atoms with E-state index in [1.807, 2.05) is 6.92 Å². The van der Waals surface area contributed by atoms with E-state index in [1.54, 1.807) is 0 Å². The molecule has 0 fully saturated rings. The van der Waals surface area contributed by atoms with Gasteiger partial charge in [0.1, 0.15) is 6.29 Å². The average molecular weight is 200 g/mol. The van der Waals surface area contributed by atoms with E-state index in [0.717, 1.165) is 25.5 Å². The van der Waals surface area contributed by atoms with Gasteiger partial charge in [-0.1, -0.05) is 40.0 Å². The molecule has 0 aliphatic heterocycles. The number of unbranched alkanes of at least 4 members (excludes halogenated alkanes) is 1. The van der Waals surface area contributed by atoms with Crippen LogP contribution in [0.5, 0.6) is 0 Å². The molecule has 2 nitrogen and oxygen atoms in total. The third kappa shape index (κ3) is 7.07. The van der Waals surface area contributed by atoms with Gasteiger partial charge in [-0.25, -0.2) is 0 Å². The maximum atomic E-state index is 10.4. The van der Waals surface area contributed by atoms with E-state index in [1.165, 1.54) is 12.8 Å². The molecule has 2 heteroatoms. The van der Waals surface area contributed by atoms with Gasteiger partial charge in [0.05, 0.1) is 12.7 Å². The summed E-state index contributed by atoms with van der Waals surface area (Å²) in [6.45, 7) is 6.84. The summed E-state index contributed by atoms with van der Waals surface area (Å²) in [5.41, 5.74) is 0. The Balaban J connectivity index is 3.65. The van der Waals surface area contributed by atoms with Gasteiger partial charge in [-0.3, -0.25) is 0 Å². The molecular formula is C12H24O2. The Kier molecular flexibility index (Phi) is 8.95. The van der Waals surface area contributed by atoms with Gasteiger partial charge in [-0.15, -0.1) is 0 Å². The summed E-state index contributed by atoms with van der Waals surface area (Å²) >= 11 is 0. The Labute approximate surface area is 88.0 Å². The molecule has 0 radical (unpaired) electrons. The third-order valence-electron chi connectivity index (χ3n) is 2.32. The van der Waals surface area contributed by atoms with Crippen LogP contribution in [0.4, 0.5) is 0 Å². The maximum Gasteiger partial charge on any atom is 0.125 e. The minimum atomic E-state index is 0.0379. The van der Waals surface area contributed by atoms with Crippen molar-refractivity contribution >= 4 is 6.29 Å². The van der Waals surface area contributed by atoms with Crippen molar-refractivity contribution in [3.05, 3.63) is 0 Å². The van der Waals surface area contributed by atoms with Gasteiger partial charge in [0.25, 0.3) is 0 Å². The zero-order valence-corrected chi connectivity index (χ0v) is 9.79. The molecule has 0 heterocycles. The Morgan fingerprint density at radius 2 is 1.93 bits per heavy atom. The van der Waals surface area contributed by atoms with Crippen molar-refractivity contribution in [3.63, 3.8) is 0 Å². The minimum Gasteiger partial charge on any atom is -0.377 e. The van der Waals surface area contributed by atoms with Crippen molar-refractivity contribution in [1.29, 1.82) is 0 Å². The van der Waals surface area contributed by atoms with E-state index in [0.29, 0.717) is 12.7 Å². The van der Waals surface area contributed by atoms with Crippen LogP contribution in [0.25, 0.3) is 0 Å². The molecule has 14 heavy (non-hydrogen) atoms. The predicted octanol–water partition coefficient (Wildman–Crippen LogP) is 3.20. The van der Waals surface area contributed by atoms with Crippen LogP contribution in [0, 0.1) is 5.92 Å². The first-order valence-electron chi connectivity index (χ1n) is 5.81. The summed E-state index contributed by atoms with van der Waals surface area (Å²) in [4.78, 5) is 10.4. The van der Waals surface area contributed by atoms with Crippen LogP contribution in [0.2, 0.25) is 0 Å². The Hall–Kier alpha value is -0.370. The van der Waals surface area contributed by atoms with Crippen LogP contribution in [0.15, 0.2) is 0 Å². The molecule has 0 spiro atoms. The number of hydrogen-bond donors (Lipinski definition) is 0. The lowest BCUT2D eigenvalue weighted by atomic mass is 10.1. The van der Waals surface area contributed by atoms with Crippen molar-refractivity contribution in [2.45, 2.75) is 59.0 Å². The maximum absolute atomic E-state index is 10.4. The average Bonchev–Trinajstić information content (AvgIpc) is 2.21. The van der Waals surface area contributed by atoms with Gasteiger partial charge in [0.2, 0.25) is 0 Å². The Morgan fingerprint density at radius 3 is 2.43 bits per heavy atom. The van der Waals surface area contributed by atoms with Crippen LogP contribution in [0.1, 0.15) is 52.9 Å². The largest absolute Gasteiger partial charge is 0.377 e. The van der Waals surface area contributed by atoms with Gasteiger partial charge in [-0.05, 0) is 12.8 Å². The second-order valence-electron chi connectivity index (χ2n) is 4.00. The number of aldehydes is 1. The van der Waals surface area contributed by atoms with Crippen molar-refractivity contribution in [1.82, 2.24) is 0 Å². The van der Waals surface area contributed by atoms with Crippen LogP contribution < -0.4 is 0 Å². The Morgan fingerprint density at radius 1 is 1.21 bits per heavy atom. The summed E-state index contributed by atoms with van der Waals surface area (Å²) in [5.74, 6) is 0.0379. The molecule has 2 atom stereocenters. The highest BCUT2D eigenvalue weighted by atomic mass is 16.5. The first kappa shape index (κ1) is 13.6. The molecule has 0 aromatic heterocycles. The van der Waals surface area contributed by atoms with E-state index >= 15 is 0 Å². The standard InChI is InChI=1S/C12H24O2/c1-4-6-8-12(7-5-2)14-10-11(3)9-13/h9,11-12H,4-8,10H2,1-3H3.